The number of ether oxygens (including phenoxy) is 4. The molecule has 2 aromatic carbocycles. The molecule has 6 atom stereocenters. The van der Waals surface area contributed by atoms with Crippen LogP contribution in [0.2, 0.25) is 0 Å². The molecule has 2 aromatic rings. The minimum Gasteiger partial charge on any atom is -0.507 e. The van der Waals surface area contributed by atoms with Gasteiger partial charge in [-0.1, -0.05) is 0 Å². The van der Waals surface area contributed by atoms with Gasteiger partial charge in [-0.3, -0.25) is 20.2 Å². The lowest BCUT2D eigenvalue weighted by Gasteiger charge is -2.35. The second kappa shape index (κ2) is 12.7. The second-order valence-electron chi connectivity index (χ2n) is 9.84. The minimum absolute atomic E-state index is 0.151. The van der Waals surface area contributed by atoms with Gasteiger partial charge >= 0.3 is 0 Å². The Morgan fingerprint density at radius 2 is 1.51 bits per heavy atom. The van der Waals surface area contributed by atoms with E-state index in [2.05, 4.69) is 0 Å². The summed E-state index contributed by atoms with van der Waals surface area (Å²) in [6.07, 6.45) is -0.241. The number of hydrogen-bond donors (Lipinski definition) is 3. The van der Waals surface area contributed by atoms with Crippen molar-refractivity contribution >= 4 is 11.4 Å². The van der Waals surface area contributed by atoms with Gasteiger partial charge in [-0.25, -0.2) is 0 Å². The molecule has 0 radical (unpaired) electrons. The molecule has 39 heavy (non-hydrogen) atoms. The van der Waals surface area contributed by atoms with Crippen LogP contribution in [0.4, 0.5) is 11.4 Å². The SMILES string of the molecule is CC1CC(CCCC(O)CC2CCOC(c3cc([N+](=O)[O-])ccc3O)O2)OC(c2cc([N+](=O)[O-])ccc2O)O1. The fraction of sp³-hybridized carbons (Fsp3) is 0.538. The third kappa shape index (κ3) is 7.40. The number of nitro benzene ring substituents is 2. The zero-order valence-electron chi connectivity index (χ0n) is 21.4. The van der Waals surface area contributed by atoms with Crippen LogP contribution in [-0.2, 0) is 18.9 Å². The van der Waals surface area contributed by atoms with E-state index in [1.54, 1.807) is 0 Å². The van der Waals surface area contributed by atoms with Crippen LogP contribution in [-0.4, -0.2) is 56.2 Å². The molecule has 4 rings (SSSR count). The van der Waals surface area contributed by atoms with Gasteiger partial charge in [0.25, 0.3) is 11.4 Å². The number of non-ortho nitro benzene ring substituents is 2. The van der Waals surface area contributed by atoms with Gasteiger partial charge in [0.2, 0.25) is 0 Å². The van der Waals surface area contributed by atoms with Gasteiger partial charge in [0.1, 0.15) is 11.5 Å². The Kier molecular flexibility index (Phi) is 9.30. The molecule has 0 saturated carbocycles. The largest absolute Gasteiger partial charge is 0.507 e. The molecule has 2 aliphatic rings. The molecule has 0 aromatic heterocycles. The highest BCUT2D eigenvalue weighted by Crippen LogP contribution is 2.38. The normalized spacial score (nSPS) is 26.2. The molecule has 13 heteroatoms. The van der Waals surface area contributed by atoms with Crippen molar-refractivity contribution in [2.75, 3.05) is 6.61 Å². The van der Waals surface area contributed by atoms with E-state index >= 15 is 0 Å². The molecule has 13 nitrogen and oxygen atoms in total. The Labute approximate surface area is 224 Å². The van der Waals surface area contributed by atoms with Crippen LogP contribution in [0, 0.1) is 20.2 Å². The molecule has 0 amide bonds. The van der Waals surface area contributed by atoms with E-state index < -0.39 is 28.5 Å². The quantitative estimate of drug-likeness (QED) is 0.280. The molecule has 3 N–H and O–H groups in total. The van der Waals surface area contributed by atoms with Crippen LogP contribution in [0.15, 0.2) is 36.4 Å². The summed E-state index contributed by atoms with van der Waals surface area (Å²) in [5, 5.41) is 53.2. The maximum atomic E-state index is 11.1. The fourth-order valence-electron chi connectivity index (χ4n) is 4.85. The van der Waals surface area contributed by atoms with Crippen molar-refractivity contribution in [2.45, 2.75) is 82.4 Å². The molecular weight excluding hydrogens is 516 g/mol. The molecule has 2 heterocycles. The van der Waals surface area contributed by atoms with Crippen molar-refractivity contribution in [3.63, 3.8) is 0 Å². The van der Waals surface area contributed by atoms with E-state index in [1.807, 2.05) is 6.92 Å². The summed E-state index contributed by atoms with van der Waals surface area (Å²) in [6, 6.07) is 7.33. The molecular formula is C26H32N2O11. The summed E-state index contributed by atoms with van der Waals surface area (Å²) in [5.41, 5.74) is -0.00350. The third-order valence-corrected chi connectivity index (χ3v) is 6.84. The van der Waals surface area contributed by atoms with Gasteiger partial charge in [0.05, 0.1) is 52.0 Å². The highest BCUT2D eigenvalue weighted by molar-refractivity contribution is 5.44. The van der Waals surface area contributed by atoms with Crippen molar-refractivity contribution in [3.8, 4) is 11.5 Å². The molecule has 0 aliphatic carbocycles. The van der Waals surface area contributed by atoms with Crippen LogP contribution in [0.5, 0.6) is 11.5 Å². The van der Waals surface area contributed by atoms with E-state index in [9.17, 15) is 35.5 Å². The van der Waals surface area contributed by atoms with Crippen LogP contribution < -0.4 is 0 Å². The number of hydrogen-bond acceptors (Lipinski definition) is 11. The van der Waals surface area contributed by atoms with E-state index in [0.29, 0.717) is 45.1 Å². The summed E-state index contributed by atoms with van der Waals surface area (Å²) < 4.78 is 23.2. The highest BCUT2D eigenvalue weighted by atomic mass is 16.7. The van der Waals surface area contributed by atoms with Gasteiger partial charge < -0.3 is 34.3 Å². The Bertz CT molecular complexity index is 1180. The van der Waals surface area contributed by atoms with Gasteiger partial charge in [0.15, 0.2) is 12.6 Å². The summed E-state index contributed by atoms with van der Waals surface area (Å²) in [6.45, 7) is 2.17. The molecule has 6 unspecified atom stereocenters. The Hall–Kier alpha value is -3.36. The first-order valence-electron chi connectivity index (χ1n) is 12.8. The van der Waals surface area contributed by atoms with Crippen molar-refractivity contribution in [1.82, 2.24) is 0 Å². The fourth-order valence-corrected chi connectivity index (χ4v) is 4.85. The van der Waals surface area contributed by atoms with Crippen LogP contribution >= 0.6 is 0 Å². The zero-order chi connectivity index (χ0) is 28.1. The first-order valence-corrected chi connectivity index (χ1v) is 12.8. The third-order valence-electron chi connectivity index (χ3n) is 6.84. The predicted molar refractivity (Wildman–Crippen MR) is 135 cm³/mol. The van der Waals surface area contributed by atoms with Crippen LogP contribution in [0.3, 0.4) is 0 Å². The number of phenolic OH excluding ortho intramolecular Hbond substituents is 2. The molecule has 212 valence electrons. The summed E-state index contributed by atoms with van der Waals surface area (Å²) in [7, 11) is 0. The van der Waals surface area contributed by atoms with Crippen LogP contribution in [0.1, 0.15) is 69.2 Å². The number of aromatic hydroxyl groups is 2. The number of benzene rings is 2. The summed E-state index contributed by atoms with van der Waals surface area (Å²) >= 11 is 0. The second-order valence-corrected chi connectivity index (χ2v) is 9.84. The van der Waals surface area contributed by atoms with E-state index in [0.717, 1.165) is 0 Å². The van der Waals surface area contributed by atoms with E-state index in [1.165, 1.54) is 36.4 Å². The van der Waals surface area contributed by atoms with Gasteiger partial charge in [-0.05, 0) is 57.6 Å². The Morgan fingerprint density at radius 1 is 0.923 bits per heavy atom. The standard InChI is InChI=1S/C26H32N2O11/c1-15-11-19(39-26(37-15)22-13-17(28(34)35)6-8-24(22)31)4-2-3-18(29)14-20-9-10-36-25(38-20)21-12-16(27(32)33)5-7-23(21)30/h5-8,12-13,15,18-20,25-26,29-31H,2-4,9-11,14H2,1H3. The first kappa shape index (κ1) is 28.6. The van der Waals surface area contributed by atoms with Crippen molar-refractivity contribution < 1.29 is 44.1 Å². The minimum atomic E-state index is -0.977. The van der Waals surface area contributed by atoms with Gasteiger partial charge in [-0.2, -0.15) is 0 Å². The maximum Gasteiger partial charge on any atom is 0.270 e. The lowest BCUT2D eigenvalue weighted by molar-refractivity contribution is -0.385. The lowest BCUT2D eigenvalue weighted by atomic mass is 9.99. The average Bonchev–Trinajstić information content (AvgIpc) is 2.88. The number of rotatable bonds is 10. The van der Waals surface area contributed by atoms with Crippen molar-refractivity contribution in [3.05, 3.63) is 67.8 Å². The molecule has 2 aliphatic heterocycles. The zero-order valence-corrected chi connectivity index (χ0v) is 21.4. The number of aliphatic hydroxyl groups excluding tert-OH is 1. The number of nitro groups is 2. The Balaban J connectivity index is 1.27. The number of aliphatic hydroxyl groups is 1. The average molecular weight is 549 g/mol. The van der Waals surface area contributed by atoms with Gasteiger partial charge in [-0.15, -0.1) is 0 Å². The molecule has 0 spiro atoms. The molecule has 2 fully saturated rings. The smallest absolute Gasteiger partial charge is 0.270 e. The predicted octanol–water partition coefficient (Wildman–Crippen LogP) is 4.53. The maximum absolute atomic E-state index is 11.1. The van der Waals surface area contributed by atoms with Gasteiger partial charge in [0, 0.05) is 24.3 Å². The highest BCUT2D eigenvalue weighted by Gasteiger charge is 2.32. The molecule has 2 saturated heterocycles. The van der Waals surface area contributed by atoms with Crippen molar-refractivity contribution in [2.24, 2.45) is 0 Å². The van der Waals surface area contributed by atoms with E-state index in [4.69, 9.17) is 18.9 Å². The monoisotopic (exact) mass is 548 g/mol. The van der Waals surface area contributed by atoms with E-state index in [-0.39, 0.29) is 52.3 Å². The van der Waals surface area contributed by atoms with Crippen molar-refractivity contribution in [1.29, 1.82) is 0 Å². The summed E-state index contributed by atoms with van der Waals surface area (Å²) in [4.78, 5) is 21.1. The molecule has 0 bridgehead atoms. The number of phenols is 2. The summed E-state index contributed by atoms with van der Waals surface area (Å²) in [5.74, 6) is -0.323. The lowest BCUT2D eigenvalue weighted by Crippen LogP contribution is -2.32. The number of nitrogens with zero attached hydrogens (tertiary/aromatic N) is 2. The Morgan fingerprint density at radius 3 is 2.13 bits per heavy atom. The van der Waals surface area contributed by atoms with Crippen LogP contribution in [0.25, 0.3) is 0 Å². The first-order chi connectivity index (χ1) is 18.6. The topological polar surface area (TPSA) is 184 Å².